The first-order valence-electron chi connectivity index (χ1n) is 15.1. The summed E-state index contributed by atoms with van der Waals surface area (Å²) in [4.78, 5) is 0. The van der Waals surface area contributed by atoms with Gasteiger partial charge in [-0.15, -0.1) is 24.8 Å². The van der Waals surface area contributed by atoms with Gasteiger partial charge < -0.3 is 0 Å². The number of halogens is 2. The molecule has 44 heavy (non-hydrogen) atoms. The van der Waals surface area contributed by atoms with Crippen LogP contribution in [0.2, 0.25) is 0 Å². The summed E-state index contributed by atoms with van der Waals surface area (Å²) < 4.78 is 11.4. The quantitative estimate of drug-likeness (QED) is 0.162. The molecule has 6 aromatic carbocycles. The first-order valence-corrected chi connectivity index (χ1v) is 21.7. The number of aryl methyl sites for hydroxylation is 2. The number of hydrogen-bond donors (Lipinski definition) is 0. The Morgan fingerprint density at radius 1 is 0.614 bits per heavy atom. The molecule has 3 heteroatoms. The summed E-state index contributed by atoms with van der Waals surface area (Å²) in [5.41, 5.74) is 8.25. The van der Waals surface area contributed by atoms with Crippen LogP contribution in [0.3, 0.4) is 0 Å². The Morgan fingerprint density at radius 3 is 1.84 bits per heavy atom. The number of fused-ring (bicyclic) bond motifs is 8. The van der Waals surface area contributed by atoms with Crippen LogP contribution in [0.5, 0.6) is 0 Å². The molecule has 2 aliphatic rings. The summed E-state index contributed by atoms with van der Waals surface area (Å²) >= 11 is -4.76. The molecule has 2 aliphatic carbocycles. The van der Waals surface area contributed by atoms with E-state index in [2.05, 4.69) is 147 Å². The fraction of sp³-hybridized carbons (Fsp3) is 0.0976. The number of allylic oxidation sites excluding steroid dienone is 4. The monoisotopic (exact) mass is 688 g/mol. The van der Waals surface area contributed by atoms with Gasteiger partial charge in [-0.25, -0.2) is 0 Å². The van der Waals surface area contributed by atoms with Gasteiger partial charge in [0.2, 0.25) is 0 Å². The molecule has 0 unspecified atom stereocenters. The molecular weight excluding hydrogens is 655 g/mol. The van der Waals surface area contributed by atoms with E-state index in [-0.39, 0.29) is 24.8 Å². The fourth-order valence-corrected chi connectivity index (χ4v) is 23.3. The zero-order valence-corrected chi connectivity index (χ0v) is 29.2. The number of hydrogen-bond acceptors (Lipinski definition) is 0. The molecular formula is C41H36Cl2Zr. The van der Waals surface area contributed by atoms with Crippen molar-refractivity contribution in [3.05, 3.63) is 159 Å². The molecule has 8 rings (SSSR count). The van der Waals surface area contributed by atoms with E-state index in [1.165, 1.54) is 68.0 Å². The van der Waals surface area contributed by atoms with E-state index in [0.29, 0.717) is 0 Å². The zero-order valence-electron chi connectivity index (χ0n) is 25.1. The van der Waals surface area contributed by atoms with Gasteiger partial charge in [0, 0.05) is 0 Å². The van der Waals surface area contributed by atoms with Gasteiger partial charge in [-0.2, -0.15) is 0 Å². The molecule has 218 valence electrons. The van der Waals surface area contributed by atoms with Crippen LogP contribution >= 0.6 is 24.8 Å². The molecule has 0 N–H and O–H groups in total. The second-order valence-corrected chi connectivity index (χ2v) is 25.4. The third-order valence-electron chi connectivity index (χ3n) is 10.3. The van der Waals surface area contributed by atoms with Gasteiger partial charge in [0.1, 0.15) is 0 Å². The maximum atomic E-state index is 5.66. The van der Waals surface area contributed by atoms with E-state index in [4.69, 9.17) is 4.21 Å². The average molecular weight is 691 g/mol. The molecule has 0 fully saturated rings. The van der Waals surface area contributed by atoms with Crippen LogP contribution in [0.4, 0.5) is 0 Å². The van der Waals surface area contributed by atoms with Crippen LogP contribution in [0.15, 0.2) is 137 Å². The SMILES string of the molecule is Cl.Cl.[CH2]=[Zr]([C]1=CC=CC1)([c]1ccc(C)cc1)([c]1ccc(C)cc1)[c]1cccc2c1c1c(c3ccccc32)-c2ccccc2C1. The number of rotatable bonds is 4. The van der Waals surface area contributed by atoms with Gasteiger partial charge in [0.25, 0.3) is 0 Å². The third-order valence-corrected chi connectivity index (χ3v) is 26.5. The third kappa shape index (κ3) is 4.10. The normalized spacial score (nSPS) is 13.7. The van der Waals surface area contributed by atoms with Crippen molar-refractivity contribution in [1.82, 2.24) is 0 Å². The van der Waals surface area contributed by atoms with Gasteiger partial charge in [-0.05, 0) is 0 Å². The summed E-state index contributed by atoms with van der Waals surface area (Å²) in [5.74, 6) is 0. The van der Waals surface area contributed by atoms with Crippen molar-refractivity contribution in [3.8, 4) is 11.1 Å². The van der Waals surface area contributed by atoms with Gasteiger partial charge in [0.15, 0.2) is 0 Å². The molecule has 0 amide bonds. The standard InChI is InChI=1S/C21H13.2C7H7.C5H5.CH2.2ClH.Zr/c1-2-8-15-14(7-1)13-20-18-11-4-3-9-16(18)17-10-5-6-12-19(17)21(15)20;2*1-7-5-3-2-4-6-7;1-2-4-5-3-1;;;;/h1-10,12H,13H2;2*3-6H,1H3;1-3H,4H2;1H2;2*1H;. The summed E-state index contributed by atoms with van der Waals surface area (Å²) in [5, 5.41) is 5.47. The molecule has 0 spiro atoms. The summed E-state index contributed by atoms with van der Waals surface area (Å²) in [7, 11) is 0. The van der Waals surface area contributed by atoms with Crippen LogP contribution in [-0.4, -0.2) is 4.21 Å². The minimum absolute atomic E-state index is 0. The summed E-state index contributed by atoms with van der Waals surface area (Å²) in [6, 6.07) is 44.0. The molecule has 0 nitrogen and oxygen atoms in total. The molecule has 0 saturated heterocycles. The van der Waals surface area contributed by atoms with Gasteiger partial charge in [0.05, 0.1) is 0 Å². The van der Waals surface area contributed by atoms with Crippen LogP contribution in [-0.2, 0) is 24.7 Å². The summed E-state index contributed by atoms with van der Waals surface area (Å²) in [6.45, 7) is 4.38. The van der Waals surface area contributed by atoms with E-state index in [1.54, 1.807) is 0 Å². The second kappa shape index (κ2) is 11.2. The van der Waals surface area contributed by atoms with E-state index >= 15 is 0 Å². The average Bonchev–Trinajstić information content (AvgIpc) is 3.71. The van der Waals surface area contributed by atoms with Gasteiger partial charge in [-0.3, -0.25) is 0 Å². The van der Waals surface area contributed by atoms with Crippen molar-refractivity contribution >= 4 is 60.4 Å². The first-order chi connectivity index (χ1) is 20.5. The first kappa shape index (κ1) is 30.7. The van der Waals surface area contributed by atoms with Crippen LogP contribution in [0.25, 0.3) is 32.7 Å². The number of benzene rings is 6. The van der Waals surface area contributed by atoms with Crippen molar-refractivity contribution in [2.75, 3.05) is 0 Å². The molecule has 0 saturated carbocycles. The van der Waals surface area contributed by atoms with Gasteiger partial charge >= 0.3 is 251 Å². The second-order valence-electron chi connectivity index (χ2n) is 12.5. The van der Waals surface area contributed by atoms with Crippen molar-refractivity contribution in [1.29, 1.82) is 0 Å². The van der Waals surface area contributed by atoms with E-state index in [9.17, 15) is 0 Å². The maximum absolute atomic E-state index is 5.66. The Labute approximate surface area is 273 Å². The predicted octanol–water partition coefficient (Wildman–Crippen LogP) is 9.27. The van der Waals surface area contributed by atoms with Crippen LogP contribution < -0.4 is 9.81 Å². The van der Waals surface area contributed by atoms with Crippen molar-refractivity contribution in [2.24, 2.45) is 0 Å². The van der Waals surface area contributed by atoms with E-state index in [0.717, 1.165) is 12.8 Å². The molecule has 0 radical (unpaired) electrons. The molecule has 6 aromatic rings. The predicted molar refractivity (Wildman–Crippen MR) is 194 cm³/mol. The molecule has 0 bridgehead atoms. The zero-order chi connectivity index (χ0) is 28.5. The Kier molecular flexibility index (Phi) is 7.82. The molecule has 0 aromatic heterocycles. The fourth-order valence-electron chi connectivity index (χ4n) is 8.10. The van der Waals surface area contributed by atoms with E-state index < -0.39 is 18.3 Å². The molecule has 0 atom stereocenters. The summed E-state index contributed by atoms with van der Waals surface area (Å²) in [6.07, 6.45) is 8.90. The van der Waals surface area contributed by atoms with Crippen molar-refractivity contribution < 1.29 is 18.3 Å². The Balaban J connectivity index is 0.00000171. The molecule has 0 aliphatic heterocycles. The molecule has 0 heterocycles. The van der Waals surface area contributed by atoms with Crippen molar-refractivity contribution in [2.45, 2.75) is 26.7 Å². The van der Waals surface area contributed by atoms with Crippen LogP contribution in [0.1, 0.15) is 28.7 Å². The Bertz CT molecular complexity index is 2150. The van der Waals surface area contributed by atoms with Gasteiger partial charge in [-0.1, -0.05) is 0 Å². The Morgan fingerprint density at radius 2 is 1.20 bits per heavy atom. The van der Waals surface area contributed by atoms with E-state index in [1.807, 2.05) is 0 Å². The van der Waals surface area contributed by atoms with Crippen molar-refractivity contribution in [3.63, 3.8) is 0 Å². The van der Waals surface area contributed by atoms with Crippen LogP contribution in [0, 0.1) is 13.8 Å². The Hall–Kier alpha value is -3.35. The topological polar surface area (TPSA) is 0 Å². The minimum atomic E-state index is -4.76.